The van der Waals surface area contributed by atoms with Gasteiger partial charge in [-0.3, -0.25) is 4.79 Å². The fourth-order valence-electron chi connectivity index (χ4n) is 6.84. The first-order valence-corrected chi connectivity index (χ1v) is 12.7. The zero-order valence-corrected chi connectivity index (χ0v) is 19.7. The molecule has 0 amide bonds. The summed E-state index contributed by atoms with van der Waals surface area (Å²) in [5.41, 5.74) is 3.89. The van der Waals surface area contributed by atoms with E-state index in [4.69, 9.17) is 4.74 Å². The highest BCUT2D eigenvalue weighted by molar-refractivity contribution is 5.97. The Labute approximate surface area is 197 Å². The van der Waals surface area contributed by atoms with Crippen LogP contribution >= 0.6 is 0 Å². The number of allylic oxidation sites excluding steroid dienone is 2. The highest BCUT2D eigenvalue weighted by atomic mass is 16.5. The van der Waals surface area contributed by atoms with E-state index >= 15 is 0 Å². The van der Waals surface area contributed by atoms with E-state index < -0.39 is 0 Å². The molecule has 1 saturated carbocycles. The molecule has 2 aromatic rings. The van der Waals surface area contributed by atoms with Crippen LogP contribution < -0.4 is 4.74 Å². The molecule has 0 saturated heterocycles. The van der Waals surface area contributed by atoms with E-state index in [0.29, 0.717) is 36.1 Å². The Kier molecular flexibility index (Phi) is 6.42. The third-order valence-corrected chi connectivity index (χ3v) is 8.63. The van der Waals surface area contributed by atoms with Gasteiger partial charge in [-0.15, -0.1) is 0 Å². The Hall–Kier alpha value is -2.39. The van der Waals surface area contributed by atoms with Gasteiger partial charge in [0.2, 0.25) is 0 Å². The second kappa shape index (κ2) is 9.46. The minimum atomic E-state index is -0.208. The van der Waals surface area contributed by atoms with Crippen molar-refractivity contribution in [3.63, 3.8) is 0 Å². The fraction of sp³-hybridized carbons (Fsp3) is 0.500. The number of ketones is 1. The fourth-order valence-corrected chi connectivity index (χ4v) is 6.84. The molecule has 3 heteroatoms. The first kappa shape index (κ1) is 22.4. The zero-order chi connectivity index (χ0) is 22.8. The maximum atomic E-state index is 12.8. The minimum absolute atomic E-state index is 0.208. The topological polar surface area (TPSA) is 46.5 Å². The maximum absolute atomic E-state index is 12.8. The average Bonchev–Trinajstić information content (AvgIpc) is 3.15. The summed E-state index contributed by atoms with van der Waals surface area (Å²) in [6.45, 7) is 3.07. The Bertz CT molecular complexity index is 1010. The molecule has 1 fully saturated rings. The van der Waals surface area contributed by atoms with E-state index in [9.17, 15) is 9.90 Å². The normalized spacial score (nSPS) is 29.9. The van der Waals surface area contributed by atoms with Crippen LogP contribution in [0.3, 0.4) is 0 Å². The van der Waals surface area contributed by atoms with Crippen molar-refractivity contribution in [2.75, 3.05) is 6.61 Å². The summed E-state index contributed by atoms with van der Waals surface area (Å²) in [6.07, 6.45) is 11.5. The van der Waals surface area contributed by atoms with Gasteiger partial charge in [-0.05, 0) is 90.7 Å². The van der Waals surface area contributed by atoms with E-state index in [-0.39, 0.29) is 12.0 Å². The molecular weight excluding hydrogens is 408 g/mol. The first-order valence-electron chi connectivity index (χ1n) is 12.7. The van der Waals surface area contributed by atoms with Crippen LogP contribution in [0.15, 0.2) is 60.7 Å². The number of hydrogen-bond acceptors (Lipinski definition) is 3. The standard InChI is InChI=1S/C30H36O3/c1-30-16-15-26-25-12-11-24(33-20-21-8-4-2-5-9-21)19-23(25)18-22(10-6-3-7-17-31)29(26)27(30)13-14-28(30)32/h2,4-5,8-9,11-14,19,22,26-27,29,31H,3,6-7,10,15-18,20H2,1H3/t22-,26-,27+,29-,30+/m1/s1. The molecule has 0 spiro atoms. The molecule has 0 aromatic heterocycles. The SMILES string of the molecule is C[C@]12CC[C@@H]3c4ccc(OCc5ccccc5)cc4C[C@@H](CCCCCO)[C@H]3[C@@H]1C=CC2=O. The van der Waals surface area contributed by atoms with E-state index in [1.165, 1.54) is 23.1 Å². The van der Waals surface area contributed by atoms with Crippen molar-refractivity contribution in [3.05, 3.63) is 77.4 Å². The molecule has 174 valence electrons. The lowest BCUT2D eigenvalue weighted by atomic mass is 9.52. The van der Waals surface area contributed by atoms with E-state index in [0.717, 1.165) is 44.3 Å². The van der Waals surface area contributed by atoms with Crippen molar-refractivity contribution in [1.82, 2.24) is 0 Å². The molecule has 2 aromatic carbocycles. The van der Waals surface area contributed by atoms with Gasteiger partial charge >= 0.3 is 0 Å². The molecule has 0 heterocycles. The minimum Gasteiger partial charge on any atom is -0.489 e. The highest BCUT2D eigenvalue weighted by Crippen LogP contribution is 2.59. The monoisotopic (exact) mass is 444 g/mol. The molecule has 0 bridgehead atoms. The lowest BCUT2D eigenvalue weighted by molar-refractivity contribution is -0.127. The highest BCUT2D eigenvalue weighted by Gasteiger charge is 2.54. The average molecular weight is 445 g/mol. The van der Waals surface area contributed by atoms with Gasteiger partial charge in [0, 0.05) is 12.0 Å². The van der Waals surface area contributed by atoms with Crippen LogP contribution in [0.2, 0.25) is 0 Å². The van der Waals surface area contributed by atoms with Crippen LogP contribution in [0, 0.1) is 23.2 Å². The van der Waals surface area contributed by atoms with Gasteiger partial charge in [0.25, 0.3) is 0 Å². The van der Waals surface area contributed by atoms with Gasteiger partial charge in [0.05, 0.1) is 0 Å². The van der Waals surface area contributed by atoms with Crippen molar-refractivity contribution in [2.24, 2.45) is 23.2 Å². The van der Waals surface area contributed by atoms with Gasteiger partial charge in [-0.25, -0.2) is 0 Å². The van der Waals surface area contributed by atoms with Gasteiger partial charge in [-0.2, -0.15) is 0 Å². The molecule has 5 atom stereocenters. The van der Waals surface area contributed by atoms with E-state index in [1.54, 1.807) is 0 Å². The molecule has 3 aliphatic carbocycles. The Balaban J connectivity index is 1.40. The summed E-state index contributed by atoms with van der Waals surface area (Å²) in [7, 11) is 0. The Morgan fingerprint density at radius 2 is 1.94 bits per heavy atom. The number of benzene rings is 2. The van der Waals surface area contributed by atoms with Gasteiger partial charge in [0.15, 0.2) is 5.78 Å². The molecule has 0 unspecified atom stereocenters. The molecule has 0 radical (unpaired) electrons. The molecule has 3 aliphatic rings. The van der Waals surface area contributed by atoms with Crippen LogP contribution in [0.4, 0.5) is 0 Å². The van der Waals surface area contributed by atoms with Gasteiger partial charge in [0.1, 0.15) is 12.4 Å². The molecule has 1 N–H and O–H groups in total. The number of aliphatic hydroxyl groups is 1. The third kappa shape index (κ3) is 4.28. The predicted octanol–water partition coefficient (Wildman–Crippen LogP) is 6.25. The maximum Gasteiger partial charge on any atom is 0.161 e. The first-order chi connectivity index (χ1) is 16.1. The molecule has 3 nitrogen and oxygen atoms in total. The molecule has 33 heavy (non-hydrogen) atoms. The summed E-state index contributed by atoms with van der Waals surface area (Å²) >= 11 is 0. The van der Waals surface area contributed by atoms with Gasteiger partial charge < -0.3 is 9.84 Å². The van der Waals surface area contributed by atoms with Crippen molar-refractivity contribution in [1.29, 1.82) is 0 Å². The Morgan fingerprint density at radius 3 is 2.76 bits per heavy atom. The van der Waals surface area contributed by atoms with Crippen molar-refractivity contribution in [3.8, 4) is 5.75 Å². The zero-order valence-electron chi connectivity index (χ0n) is 19.7. The lowest BCUT2D eigenvalue weighted by Crippen LogP contribution is -2.46. The van der Waals surface area contributed by atoms with Crippen molar-refractivity contribution < 1.29 is 14.6 Å². The second-order valence-corrected chi connectivity index (χ2v) is 10.6. The predicted molar refractivity (Wildman–Crippen MR) is 131 cm³/mol. The number of carbonyl (C=O) groups excluding carboxylic acids is 1. The van der Waals surface area contributed by atoms with E-state index in [2.05, 4.69) is 43.3 Å². The second-order valence-electron chi connectivity index (χ2n) is 10.6. The number of fused-ring (bicyclic) bond motifs is 5. The van der Waals surface area contributed by atoms with Crippen LogP contribution in [0.5, 0.6) is 5.75 Å². The number of aliphatic hydroxyl groups excluding tert-OH is 1. The molecule has 0 aliphatic heterocycles. The third-order valence-electron chi connectivity index (χ3n) is 8.63. The van der Waals surface area contributed by atoms with Crippen molar-refractivity contribution >= 4 is 5.78 Å². The summed E-state index contributed by atoms with van der Waals surface area (Å²) in [6, 6.07) is 17.0. The molecule has 5 rings (SSSR count). The Morgan fingerprint density at radius 1 is 1.09 bits per heavy atom. The summed E-state index contributed by atoms with van der Waals surface area (Å²) < 4.78 is 6.16. The summed E-state index contributed by atoms with van der Waals surface area (Å²) in [5.74, 6) is 3.27. The van der Waals surface area contributed by atoms with E-state index in [1.807, 2.05) is 24.3 Å². The number of rotatable bonds is 8. The van der Waals surface area contributed by atoms with Crippen molar-refractivity contribution in [2.45, 2.75) is 64.4 Å². The number of unbranched alkanes of at least 4 members (excludes halogenated alkanes) is 2. The van der Waals surface area contributed by atoms with Gasteiger partial charge in [-0.1, -0.05) is 62.2 Å². The summed E-state index contributed by atoms with van der Waals surface area (Å²) in [5, 5.41) is 9.21. The molecular formula is C30H36O3. The van der Waals surface area contributed by atoms with Crippen LogP contribution in [0.1, 0.15) is 68.1 Å². The van der Waals surface area contributed by atoms with Crippen LogP contribution in [-0.4, -0.2) is 17.5 Å². The summed E-state index contributed by atoms with van der Waals surface area (Å²) in [4.78, 5) is 12.8. The van der Waals surface area contributed by atoms with Crippen LogP contribution in [0.25, 0.3) is 0 Å². The van der Waals surface area contributed by atoms with Crippen LogP contribution in [-0.2, 0) is 17.8 Å². The smallest absolute Gasteiger partial charge is 0.161 e. The number of hydrogen-bond donors (Lipinski definition) is 1. The number of ether oxygens (including phenoxy) is 1. The lowest BCUT2D eigenvalue weighted by Gasteiger charge is -2.51. The quantitative estimate of drug-likeness (QED) is 0.490. The number of carbonyl (C=O) groups is 1. The largest absolute Gasteiger partial charge is 0.489 e.